The number of carbonyl (C=O) groups is 1. The summed E-state index contributed by atoms with van der Waals surface area (Å²) in [6, 6.07) is 0.141. The minimum Gasteiger partial charge on any atom is -0.465 e. The van der Waals surface area contributed by atoms with Crippen LogP contribution in [0.2, 0.25) is 0 Å². The number of morpholine rings is 1. The highest BCUT2D eigenvalue weighted by Gasteiger charge is 2.41. The quantitative estimate of drug-likeness (QED) is 0.524. The molecule has 1 N–H and O–H groups in total. The zero-order valence-electron chi connectivity index (χ0n) is 5.49. The number of ether oxygens (including phenoxy) is 1. The molecule has 0 spiro atoms. The third-order valence-electron chi connectivity index (χ3n) is 2.15. The Balaban J connectivity index is 2.08. The molecule has 0 aromatic heterocycles. The van der Waals surface area contributed by atoms with Crippen molar-refractivity contribution in [3.05, 3.63) is 0 Å². The molecule has 2 aliphatic rings. The van der Waals surface area contributed by atoms with Gasteiger partial charge in [-0.05, 0) is 6.42 Å². The van der Waals surface area contributed by atoms with Gasteiger partial charge in [-0.15, -0.1) is 0 Å². The fourth-order valence-corrected chi connectivity index (χ4v) is 1.63. The van der Waals surface area contributed by atoms with Gasteiger partial charge < -0.3 is 14.7 Å². The SMILES string of the molecule is O=C(O)N1C[C@H]2C[C@@H]1CO2. The number of hydrogen-bond donors (Lipinski definition) is 1. The number of hydrogen-bond acceptors (Lipinski definition) is 2. The van der Waals surface area contributed by atoms with Crippen LogP contribution in [0.4, 0.5) is 4.79 Å². The first-order valence-corrected chi connectivity index (χ1v) is 3.38. The fraction of sp³-hybridized carbons (Fsp3) is 0.833. The molecule has 1 amide bonds. The van der Waals surface area contributed by atoms with Gasteiger partial charge in [0.05, 0.1) is 25.3 Å². The molecule has 2 fully saturated rings. The molecule has 0 aromatic carbocycles. The van der Waals surface area contributed by atoms with Gasteiger partial charge in [-0.1, -0.05) is 0 Å². The average Bonchev–Trinajstić information content (AvgIpc) is 2.44. The van der Waals surface area contributed by atoms with Crippen molar-refractivity contribution in [3.8, 4) is 0 Å². The number of carboxylic acid groups (broad SMARTS) is 1. The molecule has 2 bridgehead atoms. The largest absolute Gasteiger partial charge is 0.465 e. The van der Waals surface area contributed by atoms with Crippen molar-refractivity contribution in [3.63, 3.8) is 0 Å². The van der Waals surface area contributed by atoms with Gasteiger partial charge in [0.15, 0.2) is 0 Å². The summed E-state index contributed by atoms with van der Waals surface area (Å²) in [6.45, 7) is 1.16. The number of rotatable bonds is 0. The summed E-state index contributed by atoms with van der Waals surface area (Å²) < 4.78 is 5.23. The van der Waals surface area contributed by atoms with E-state index in [0.29, 0.717) is 13.2 Å². The summed E-state index contributed by atoms with van der Waals surface area (Å²) in [4.78, 5) is 11.9. The van der Waals surface area contributed by atoms with Gasteiger partial charge in [0, 0.05) is 0 Å². The topological polar surface area (TPSA) is 49.8 Å². The minimum absolute atomic E-state index is 0.141. The van der Waals surface area contributed by atoms with Gasteiger partial charge in [-0.25, -0.2) is 4.79 Å². The minimum atomic E-state index is -0.809. The molecule has 56 valence electrons. The fourth-order valence-electron chi connectivity index (χ4n) is 1.63. The van der Waals surface area contributed by atoms with Crippen LogP contribution in [0.3, 0.4) is 0 Å². The first-order valence-electron chi connectivity index (χ1n) is 3.38. The predicted molar refractivity (Wildman–Crippen MR) is 32.9 cm³/mol. The smallest absolute Gasteiger partial charge is 0.407 e. The molecule has 0 aromatic rings. The van der Waals surface area contributed by atoms with Crippen LogP contribution in [0.25, 0.3) is 0 Å². The van der Waals surface area contributed by atoms with E-state index < -0.39 is 6.09 Å². The molecule has 0 aliphatic carbocycles. The molecule has 0 saturated carbocycles. The van der Waals surface area contributed by atoms with Gasteiger partial charge in [-0.3, -0.25) is 0 Å². The van der Waals surface area contributed by atoms with Gasteiger partial charge in [-0.2, -0.15) is 0 Å². The van der Waals surface area contributed by atoms with E-state index in [4.69, 9.17) is 9.84 Å². The van der Waals surface area contributed by atoms with Crippen molar-refractivity contribution in [1.82, 2.24) is 4.90 Å². The van der Waals surface area contributed by atoms with Crippen molar-refractivity contribution < 1.29 is 14.6 Å². The van der Waals surface area contributed by atoms with Crippen LogP contribution in [0.5, 0.6) is 0 Å². The number of amides is 1. The van der Waals surface area contributed by atoms with Gasteiger partial charge in [0.25, 0.3) is 0 Å². The van der Waals surface area contributed by atoms with E-state index in [2.05, 4.69) is 0 Å². The lowest BCUT2D eigenvalue weighted by molar-refractivity contribution is 0.0327. The Morgan fingerprint density at radius 2 is 2.50 bits per heavy atom. The van der Waals surface area contributed by atoms with Crippen LogP contribution in [0.15, 0.2) is 0 Å². The van der Waals surface area contributed by atoms with E-state index in [-0.39, 0.29) is 12.1 Å². The molecule has 0 radical (unpaired) electrons. The first kappa shape index (κ1) is 5.97. The molecule has 4 heteroatoms. The van der Waals surface area contributed by atoms with Crippen molar-refractivity contribution in [1.29, 1.82) is 0 Å². The van der Waals surface area contributed by atoms with Gasteiger partial charge >= 0.3 is 6.09 Å². The van der Waals surface area contributed by atoms with Crippen molar-refractivity contribution >= 4 is 6.09 Å². The van der Waals surface area contributed by atoms with Crippen LogP contribution >= 0.6 is 0 Å². The van der Waals surface area contributed by atoms with Crippen LogP contribution < -0.4 is 0 Å². The lowest BCUT2D eigenvalue weighted by Gasteiger charge is -2.23. The number of likely N-dealkylation sites (tertiary alicyclic amines) is 1. The highest BCUT2D eigenvalue weighted by Crippen LogP contribution is 2.27. The zero-order chi connectivity index (χ0) is 7.14. The second-order valence-electron chi connectivity index (χ2n) is 2.78. The molecular formula is C6H9NO3. The van der Waals surface area contributed by atoms with Crippen molar-refractivity contribution in [2.45, 2.75) is 18.6 Å². The molecule has 4 nitrogen and oxygen atoms in total. The average molecular weight is 143 g/mol. The molecule has 2 rings (SSSR count). The zero-order valence-corrected chi connectivity index (χ0v) is 5.49. The van der Waals surface area contributed by atoms with E-state index in [9.17, 15) is 4.79 Å². The van der Waals surface area contributed by atoms with Crippen molar-refractivity contribution in [2.75, 3.05) is 13.2 Å². The number of nitrogens with zero attached hydrogens (tertiary/aromatic N) is 1. The Morgan fingerprint density at radius 3 is 2.80 bits per heavy atom. The molecule has 0 unspecified atom stereocenters. The summed E-state index contributed by atoms with van der Waals surface area (Å²) in [7, 11) is 0. The van der Waals surface area contributed by atoms with Crippen LogP contribution in [0, 0.1) is 0 Å². The molecule has 2 heterocycles. The monoisotopic (exact) mass is 143 g/mol. The maximum Gasteiger partial charge on any atom is 0.407 e. The maximum absolute atomic E-state index is 10.5. The molecule has 2 saturated heterocycles. The summed E-state index contributed by atoms with van der Waals surface area (Å²) in [5.74, 6) is 0. The normalized spacial score (nSPS) is 37.0. The van der Waals surface area contributed by atoms with Crippen molar-refractivity contribution in [2.24, 2.45) is 0 Å². The second-order valence-corrected chi connectivity index (χ2v) is 2.78. The Labute approximate surface area is 58.4 Å². The Bertz CT molecular complexity index is 170. The highest BCUT2D eigenvalue weighted by molar-refractivity contribution is 5.66. The lowest BCUT2D eigenvalue weighted by atomic mass is 10.2. The van der Waals surface area contributed by atoms with E-state index in [0.717, 1.165) is 6.42 Å². The van der Waals surface area contributed by atoms with E-state index >= 15 is 0 Å². The van der Waals surface area contributed by atoms with Crippen LogP contribution in [0.1, 0.15) is 6.42 Å². The standard InChI is InChI=1S/C6H9NO3/c8-6(9)7-2-5-1-4(7)3-10-5/h4-5H,1-3H2,(H,8,9)/t4-,5-/m1/s1. The summed E-state index contributed by atoms with van der Waals surface area (Å²) in [5, 5.41) is 8.61. The van der Waals surface area contributed by atoms with Gasteiger partial charge in [0.1, 0.15) is 0 Å². The van der Waals surface area contributed by atoms with Gasteiger partial charge in [0.2, 0.25) is 0 Å². The Morgan fingerprint density at radius 1 is 1.70 bits per heavy atom. The Kier molecular flexibility index (Phi) is 1.11. The maximum atomic E-state index is 10.5. The molecule has 10 heavy (non-hydrogen) atoms. The molecule has 2 atom stereocenters. The lowest BCUT2D eigenvalue weighted by Crippen LogP contribution is -2.40. The van der Waals surface area contributed by atoms with Crippen LogP contribution in [-0.2, 0) is 4.74 Å². The second kappa shape index (κ2) is 1.85. The highest BCUT2D eigenvalue weighted by atomic mass is 16.5. The summed E-state index contributed by atoms with van der Waals surface area (Å²) >= 11 is 0. The third-order valence-corrected chi connectivity index (χ3v) is 2.15. The van der Waals surface area contributed by atoms with E-state index in [1.165, 1.54) is 4.90 Å². The first-order chi connectivity index (χ1) is 4.77. The van der Waals surface area contributed by atoms with E-state index in [1.54, 1.807) is 0 Å². The number of fused-ring (bicyclic) bond motifs is 2. The molecular weight excluding hydrogens is 134 g/mol. The predicted octanol–water partition coefficient (Wildman–Crippen LogP) is 0.138. The summed E-state index contributed by atoms with van der Waals surface area (Å²) in [5.41, 5.74) is 0. The van der Waals surface area contributed by atoms with E-state index in [1.807, 2.05) is 0 Å². The Hall–Kier alpha value is -0.770. The third kappa shape index (κ3) is 0.686. The van der Waals surface area contributed by atoms with Crippen LogP contribution in [-0.4, -0.2) is 41.4 Å². The molecule has 2 aliphatic heterocycles. The summed E-state index contributed by atoms with van der Waals surface area (Å²) in [6.07, 6.45) is 0.267.